The van der Waals surface area contributed by atoms with Crippen LogP contribution < -0.4 is 0 Å². The predicted molar refractivity (Wildman–Crippen MR) is 67.4 cm³/mol. The maximum Gasteiger partial charge on any atom is 0.0805 e. The van der Waals surface area contributed by atoms with Crippen molar-refractivity contribution in [1.29, 1.82) is 0 Å². The molecule has 2 atom stereocenters. The van der Waals surface area contributed by atoms with E-state index in [-0.39, 0.29) is 12.2 Å². The van der Waals surface area contributed by atoms with Crippen LogP contribution in [0.25, 0.3) is 0 Å². The average molecular weight is 220 g/mol. The molecule has 0 aromatic carbocycles. The van der Waals surface area contributed by atoms with Crippen molar-refractivity contribution in [3.63, 3.8) is 0 Å². The highest BCUT2D eigenvalue weighted by molar-refractivity contribution is 4.87. The highest BCUT2D eigenvalue weighted by Gasteiger charge is 1.93. The lowest BCUT2D eigenvalue weighted by Crippen LogP contribution is -2.05. The van der Waals surface area contributed by atoms with E-state index in [9.17, 15) is 0 Å². The molecule has 0 amide bonds. The van der Waals surface area contributed by atoms with Gasteiger partial charge >= 0.3 is 0 Å². The summed E-state index contributed by atoms with van der Waals surface area (Å²) in [6.45, 7) is 12.0. The van der Waals surface area contributed by atoms with E-state index >= 15 is 0 Å². The molecule has 0 N–H and O–H groups in total. The zero-order valence-electron chi connectivity index (χ0n) is 10.1. The average Bonchev–Trinajstić information content (AvgIpc) is 2.24. The SMILES string of the molecule is C=C=C[C@H](C)OC/C=C/CO[C@@H](C)C=C=C. The van der Waals surface area contributed by atoms with Gasteiger partial charge in [-0.1, -0.05) is 25.3 Å². The Morgan fingerprint density at radius 2 is 1.31 bits per heavy atom. The highest BCUT2D eigenvalue weighted by atomic mass is 16.5. The monoisotopic (exact) mass is 220 g/mol. The van der Waals surface area contributed by atoms with Crippen molar-refractivity contribution in [3.05, 3.63) is 48.9 Å². The molecule has 0 saturated heterocycles. The molecule has 2 nitrogen and oxygen atoms in total. The third-order valence-corrected chi connectivity index (χ3v) is 1.78. The summed E-state index contributed by atoms with van der Waals surface area (Å²) in [4.78, 5) is 0. The van der Waals surface area contributed by atoms with Crippen molar-refractivity contribution >= 4 is 0 Å². The van der Waals surface area contributed by atoms with Crippen molar-refractivity contribution in [2.45, 2.75) is 26.1 Å². The third-order valence-electron chi connectivity index (χ3n) is 1.78. The maximum atomic E-state index is 5.41. The van der Waals surface area contributed by atoms with Gasteiger partial charge in [-0.2, -0.15) is 0 Å². The van der Waals surface area contributed by atoms with Crippen molar-refractivity contribution in [2.75, 3.05) is 13.2 Å². The van der Waals surface area contributed by atoms with Crippen LogP contribution in [0.1, 0.15) is 13.8 Å². The smallest absolute Gasteiger partial charge is 0.0805 e. The second-order valence-corrected chi connectivity index (χ2v) is 3.29. The van der Waals surface area contributed by atoms with Crippen molar-refractivity contribution in [3.8, 4) is 0 Å². The Balaban J connectivity index is 3.55. The van der Waals surface area contributed by atoms with E-state index in [1.807, 2.05) is 26.0 Å². The number of hydrogen-bond donors (Lipinski definition) is 0. The Hall–Kier alpha value is -1.30. The molecule has 0 fully saturated rings. The van der Waals surface area contributed by atoms with Gasteiger partial charge in [0.15, 0.2) is 0 Å². The quantitative estimate of drug-likeness (QED) is 0.462. The first kappa shape index (κ1) is 14.7. The summed E-state index contributed by atoms with van der Waals surface area (Å²) < 4.78 is 10.8. The molecule has 2 heteroatoms. The van der Waals surface area contributed by atoms with Gasteiger partial charge in [0.2, 0.25) is 0 Å². The molecule has 0 spiro atoms. The molecule has 0 radical (unpaired) electrons. The highest BCUT2D eigenvalue weighted by Crippen LogP contribution is 1.93. The minimum atomic E-state index is 0.0469. The molecule has 0 aromatic rings. The fourth-order valence-electron chi connectivity index (χ4n) is 0.979. The minimum Gasteiger partial charge on any atom is -0.370 e. The standard InChI is InChI=1S/C14H20O2/c1-5-9-13(3)15-11-7-8-12-16-14(4)10-6-2/h7-10,13-14H,1-2,11-12H2,3-4H3/b8-7+/t13-,14-/m0/s1. The molecular formula is C14H20O2. The Bertz CT molecular complexity index is 262. The van der Waals surface area contributed by atoms with E-state index in [1.54, 1.807) is 12.2 Å². The van der Waals surface area contributed by atoms with Gasteiger partial charge in [0.25, 0.3) is 0 Å². The molecule has 0 unspecified atom stereocenters. The second-order valence-electron chi connectivity index (χ2n) is 3.29. The molecular weight excluding hydrogens is 200 g/mol. The largest absolute Gasteiger partial charge is 0.370 e. The molecule has 0 aliphatic rings. The molecule has 88 valence electrons. The number of ether oxygens (including phenoxy) is 2. The molecule has 0 aliphatic carbocycles. The van der Waals surface area contributed by atoms with Crippen LogP contribution in [-0.2, 0) is 9.47 Å². The van der Waals surface area contributed by atoms with E-state index in [0.717, 1.165) is 0 Å². The van der Waals surface area contributed by atoms with Crippen molar-refractivity contribution < 1.29 is 9.47 Å². The van der Waals surface area contributed by atoms with Crippen LogP contribution in [0.2, 0.25) is 0 Å². The topological polar surface area (TPSA) is 18.5 Å². The van der Waals surface area contributed by atoms with Crippen molar-refractivity contribution in [2.24, 2.45) is 0 Å². The lowest BCUT2D eigenvalue weighted by atomic mass is 10.4. The van der Waals surface area contributed by atoms with Crippen LogP contribution in [-0.4, -0.2) is 25.4 Å². The van der Waals surface area contributed by atoms with E-state index < -0.39 is 0 Å². The molecule has 0 heterocycles. The Morgan fingerprint density at radius 3 is 1.62 bits per heavy atom. The molecule has 16 heavy (non-hydrogen) atoms. The van der Waals surface area contributed by atoms with Gasteiger partial charge < -0.3 is 9.47 Å². The van der Waals surface area contributed by atoms with Crippen LogP contribution in [0, 0.1) is 0 Å². The lowest BCUT2D eigenvalue weighted by Gasteiger charge is -2.05. The third kappa shape index (κ3) is 9.26. The first-order valence-corrected chi connectivity index (χ1v) is 5.30. The van der Waals surface area contributed by atoms with Crippen molar-refractivity contribution in [1.82, 2.24) is 0 Å². The summed E-state index contributed by atoms with van der Waals surface area (Å²) in [6.07, 6.45) is 7.51. The first-order valence-electron chi connectivity index (χ1n) is 5.30. The van der Waals surface area contributed by atoms with Crippen LogP contribution in [0.3, 0.4) is 0 Å². The normalized spacial score (nSPS) is 13.9. The van der Waals surface area contributed by atoms with E-state index in [2.05, 4.69) is 24.6 Å². The van der Waals surface area contributed by atoms with Gasteiger partial charge in [0, 0.05) is 0 Å². The van der Waals surface area contributed by atoms with Gasteiger partial charge in [0.05, 0.1) is 25.4 Å². The molecule has 0 saturated carbocycles. The van der Waals surface area contributed by atoms with Crippen LogP contribution >= 0.6 is 0 Å². The summed E-state index contributed by atoms with van der Waals surface area (Å²) in [5.74, 6) is 0. The van der Waals surface area contributed by atoms with Crippen LogP contribution in [0.5, 0.6) is 0 Å². The molecule has 0 aromatic heterocycles. The van der Waals surface area contributed by atoms with Gasteiger partial charge in [-0.25, -0.2) is 0 Å². The van der Waals surface area contributed by atoms with Gasteiger partial charge in [-0.15, -0.1) is 11.5 Å². The van der Waals surface area contributed by atoms with Gasteiger partial charge in [-0.05, 0) is 26.0 Å². The molecule has 0 rings (SSSR count). The van der Waals surface area contributed by atoms with E-state index in [4.69, 9.17) is 9.47 Å². The molecule has 0 aliphatic heterocycles. The minimum absolute atomic E-state index is 0.0469. The number of rotatable bonds is 8. The first-order chi connectivity index (χ1) is 7.70. The zero-order chi connectivity index (χ0) is 12.2. The van der Waals surface area contributed by atoms with E-state index in [1.165, 1.54) is 0 Å². The molecule has 0 bridgehead atoms. The number of hydrogen-bond acceptors (Lipinski definition) is 2. The lowest BCUT2D eigenvalue weighted by molar-refractivity contribution is 0.115. The fraction of sp³-hybridized carbons (Fsp3) is 0.429. The van der Waals surface area contributed by atoms with Crippen LogP contribution in [0.4, 0.5) is 0 Å². The predicted octanol–water partition coefficient (Wildman–Crippen LogP) is 3.04. The zero-order valence-corrected chi connectivity index (χ0v) is 10.1. The summed E-state index contributed by atoms with van der Waals surface area (Å²) in [7, 11) is 0. The van der Waals surface area contributed by atoms with E-state index in [0.29, 0.717) is 13.2 Å². The Kier molecular flexibility index (Phi) is 9.39. The summed E-state index contributed by atoms with van der Waals surface area (Å²) in [6, 6.07) is 0. The van der Waals surface area contributed by atoms with Gasteiger partial charge in [0.1, 0.15) is 0 Å². The van der Waals surface area contributed by atoms with Crippen LogP contribution in [0.15, 0.2) is 48.9 Å². The second kappa shape index (κ2) is 10.2. The Morgan fingerprint density at radius 1 is 0.938 bits per heavy atom. The van der Waals surface area contributed by atoms with Gasteiger partial charge in [-0.3, -0.25) is 0 Å². The maximum absolute atomic E-state index is 5.41. The fourth-order valence-corrected chi connectivity index (χ4v) is 0.979. The summed E-state index contributed by atoms with van der Waals surface area (Å²) in [5.41, 5.74) is 5.37. The Labute approximate surface area is 98.3 Å². The summed E-state index contributed by atoms with van der Waals surface area (Å²) >= 11 is 0. The summed E-state index contributed by atoms with van der Waals surface area (Å²) in [5, 5.41) is 0.